The molecule has 0 aliphatic carbocycles. The Labute approximate surface area is 207 Å². The Bertz CT molecular complexity index is 1380. The fourth-order valence-corrected chi connectivity index (χ4v) is 5.27. The highest BCUT2D eigenvalue weighted by Crippen LogP contribution is 2.39. The number of amides is 2. The van der Waals surface area contributed by atoms with E-state index in [1.54, 1.807) is 50.4 Å². The molecule has 9 heteroatoms. The molecular weight excluding hydrogens is 466 g/mol. The zero-order chi connectivity index (χ0) is 25.0. The van der Waals surface area contributed by atoms with Gasteiger partial charge in [0, 0.05) is 23.1 Å². The second-order valence-corrected chi connectivity index (χ2v) is 10.2. The zero-order valence-corrected chi connectivity index (χ0v) is 20.9. The summed E-state index contributed by atoms with van der Waals surface area (Å²) < 4.78 is 11.5. The zero-order valence-electron chi connectivity index (χ0n) is 20.1. The molecule has 8 nitrogen and oxygen atoms in total. The van der Waals surface area contributed by atoms with E-state index in [0.29, 0.717) is 28.4 Å². The number of likely N-dealkylation sites (N-methyl/N-ethyl adjacent to an activating group) is 1. The Balaban J connectivity index is 1.48. The standard InChI is InChI=1S/C26H25N3O5S/c1-13-25(31)28(5)19-10-17(6-8-22(19)33-13)21(30)12-29-20-11-18(24-15(3)35-16(4)27-24)7-9-23(20)34-14(2)26(29)32/h6-11,13-14H,12H2,1-5H3. The molecule has 0 saturated heterocycles. The first kappa shape index (κ1) is 23.0. The van der Waals surface area contributed by atoms with E-state index >= 15 is 0 Å². The van der Waals surface area contributed by atoms with E-state index in [4.69, 9.17) is 9.47 Å². The van der Waals surface area contributed by atoms with Gasteiger partial charge in [-0.25, -0.2) is 4.98 Å². The van der Waals surface area contributed by atoms with Crippen molar-refractivity contribution in [3.8, 4) is 22.8 Å². The highest BCUT2D eigenvalue weighted by Gasteiger charge is 2.34. The lowest BCUT2D eigenvalue weighted by Gasteiger charge is -2.33. The molecule has 0 fully saturated rings. The van der Waals surface area contributed by atoms with Gasteiger partial charge >= 0.3 is 0 Å². The lowest BCUT2D eigenvalue weighted by atomic mass is 10.0. The van der Waals surface area contributed by atoms with Crippen molar-refractivity contribution in [3.05, 3.63) is 51.8 Å². The fourth-order valence-electron chi connectivity index (χ4n) is 4.43. The molecule has 2 atom stereocenters. The Morgan fingerprint density at radius 3 is 2.31 bits per heavy atom. The second kappa shape index (κ2) is 8.49. The van der Waals surface area contributed by atoms with Gasteiger partial charge in [-0.3, -0.25) is 19.3 Å². The van der Waals surface area contributed by atoms with Gasteiger partial charge in [-0.2, -0.15) is 0 Å². The normalized spacial score (nSPS) is 19.1. The number of hydrogen-bond donors (Lipinski definition) is 0. The summed E-state index contributed by atoms with van der Waals surface area (Å²) in [4.78, 5) is 47.4. The Morgan fingerprint density at radius 1 is 0.971 bits per heavy atom. The molecule has 0 bridgehead atoms. The molecule has 1 aromatic heterocycles. The third kappa shape index (κ3) is 3.95. The smallest absolute Gasteiger partial charge is 0.268 e. The van der Waals surface area contributed by atoms with Crippen LogP contribution >= 0.6 is 11.3 Å². The van der Waals surface area contributed by atoms with Gasteiger partial charge in [0.15, 0.2) is 18.0 Å². The third-order valence-electron chi connectivity index (χ3n) is 6.27. The average Bonchev–Trinajstić information content (AvgIpc) is 3.17. The van der Waals surface area contributed by atoms with Gasteiger partial charge in [-0.1, -0.05) is 0 Å². The number of nitrogens with zero attached hydrogens (tertiary/aromatic N) is 3. The maximum absolute atomic E-state index is 13.3. The molecule has 0 N–H and O–H groups in total. The number of carbonyl (C=O) groups is 3. The van der Waals surface area contributed by atoms with Crippen LogP contribution < -0.4 is 19.3 Å². The van der Waals surface area contributed by atoms with Crippen molar-refractivity contribution in [2.45, 2.75) is 39.9 Å². The summed E-state index contributed by atoms with van der Waals surface area (Å²) in [5.74, 6) is 0.337. The van der Waals surface area contributed by atoms with Crippen molar-refractivity contribution in [3.63, 3.8) is 0 Å². The average molecular weight is 492 g/mol. The maximum Gasteiger partial charge on any atom is 0.268 e. The number of ketones is 1. The second-order valence-electron chi connectivity index (χ2n) is 8.77. The van der Waals surface area contributed by atoms with Crippen LogP contribution in [0.4, 0.5) is 11.4 Å². The molecule has 2 amide bonds. The number of carbonyl (C=O) groups excluding carboxylic acids is 3. The van der Waals surface area contributed by atoms with Crippen LogP contribution in [0.2, 0.25) is 0 Å². The molecule has 0 radical (unpaired) electrons. The first-order valence-corrected chi connectivity index (χ1v) is 12.1. The topological polar surface area (TPSA) is 89.0 Å². The number of hydrogen-bond acceptors (Lipinski definition) is 7. The lowest BCUT2D eigenvalue weighted by molar-refractivity contribution is -0.125. The predicted molar refractivity (Wildman–Crippen MR) is 134 cm³/mol. The van der Waals surface area contributed by atoms with E-state index < -0.39 is 12.2 Å². The van der Waals surface area contributed by atoms with Gasteiger partial charge in [0.2, 0.25) is 0 Å². The molecule has 2 unspecified atom stereocenters. The lowest BCUT2D eigenvalue weighted by Crippen LogP contribution is -2.46. The number of thiazole rings is 1. The minimum Gasteiger partial charge on any atom is -0.479 e. The molecule has 0 saturated carbocycles. The van der Waals surface area contributed by atoms with Crippen molar-refractivity contribution in [2.24, 2.45) is 0 Å². The number of rotatable bonds is 4. The number of anilines is 2. The number of Topliss-reactive ketones (excluding diaryl/α,β-unsaturated/α-hetero) is 1. The number of aryl methyl sites for hydroxylation is 2. The number of fused-ring (bicyclic) bond motifs is 2. The summed E-state index contributed by atoms with van der Waals surface area (Å²) >= 11 is 1.61. The van der Waals surface area contributed by atoms with Gasteiger partial charge in [-0.05, 0) is 64.1 Å². The van der Waals surface area contributed by atoms with Crippen molar-refractivity contribution in [1.82, 2.24) is 4.98 Å². The minimum absolute atomic E-state index is 0.161. The molecule has 3 aromatic rings. The van der Waals surface area contributed by atoms with Gasteiger partial charge in [0.05, 0.1) is 28.6 Å². The van der Waals surface area contributed by atoms with Crippen LogP contribution in [0, 0.1) is 13.8 Å². The van der Waals surface area contributed by atoms with Gasteiger partial charge in [0.1, 0.15) is 11.5 Å². The highest BCUT2D eigenvalue weighted by molar-refractivity contribution is 7.11. The minimum atomic E-state index is -0.716. The van der Waals surface area contributed by atoms with E-state index in [1.807, 2.05) is 32.0 Å². The molecule has 3 heterocycles. The summed E-state index contributed by atoms with van der Waals surface area (Å²) in [6.07, 6.45) is -1.30. The van der Waals surface area contributed by atoms with Gasteiger partial charge in [0.25, 0.3) is 11.8 Å². The van der Waals surface area contributed by atoms with Crippen molar-refractivity contribution < 1.29 is 23.9 Å². The van der Waals surface area contributed by atoms with E-state index in [2.05, 4.69) is 4.98 Å². The van der Waals surface area contributed by atoms with Crippen molar-refractivity contribution >= 4 is 40.3 Å². The van der Waals surface area contributed by atoms with Crippen LogP contribution in [0.3, 0.4) is 0 Å². The van der Waals surface area contributed by atoms with E-state index in [9.17, 15) is 14.4 Å². The molecule has 2 aliphatic rings. The van der Waals surface area contributed by atoms with Gasteiger partial charge in [-0.15, -0.1) is 11.3 Å². The first-order valence-electron chi connectivity index (χ1n) is 11.3. The van der Waals surface area contributed by atoms with Crippen LogP contribution in [0.5, 0.6) is 11.5 Å². The quantitative estimate of drug-likeness (QED) is 0.509. The molecule has 2 aromatic carbocycles. The Morgan fingerprint density at radius 2 is 1.63 bits per heavy atom. The first-order chi connectivity index (χ1) is 16.6. The van der Waals surface area contributed by atoms with Crippen LogP contribution in [0.25, 0.3) is 11.3 Å². The SMILES string of the molecule is Cc1nc(-c2ccc3c(c2)N(CC(=O)c2ccc4c(c2)N(C)C(=O)C(C)O4)C(=O)C(C)O3)c(C)s1. The Hall–Kier alpha value is -3.72. The van der Waals surface area contributed by atoms with Crippen molar-refractivity contribution in [2.75, 3.05) is 23.4 Å². The van der Waals surface area contributed by atoms with Crippen LogP contribution in [-0.2, 0) is 9.59 Å². The van der Waals surface area contributed by atoms with Gasteiger partial charge < -0.3 is 14.4 Å². The third-order valence-corrected chi connectivity index (χ3v) is 7.16. The van der Waals surface area contributed by atoms with E-state index in [0.717, 1.165) is 21.1 Å². The number of aromatic nitrogens is 1. The number of benzene rings is 2. The molecule has 35 heavy (non-hydrogen) atoms. The van der Waals surface area contributed by atoms with Crippen molar-refractivity contribution in [1.29, 1.82) is 0 Å². The summed E-state index contributed by atoms with van der Waals surface area (Å²) in [7, 11) is 1.65. The molecular formula is C26H25N3O5S. The molecule has 180 valence electrons. The molecule has 5 rings (SSSR count). The summed E-state index contributed by atoms with van der Waals surface area (Å²) in [5.41, 5.74) is 3.15. The van der Waals surface area contributed by atoms with E-state index in [1.165, 1.54) is 9.80 Å². The largest absolute Gasteiger partial charge is 0.479 e. The molecule has 0 spiro atoms. The highest BCUT2D eigenvalue weighted by atomic mass is 32.1. The van der Waals surface area contributed by atoms with Crippen LogP contribution in [0.1, 0.15) is 34.1 Å². The Kier molecular flexibility index (Phi) is 5.59. The number of ether oxygens (including phenoxy) is 2. The monoisotopic (exact) mass is 491 g/mol. The van der Waals surface area contributed by atoms with Crippen LogP contribution in [-0.4, -0.2) is 48.4 Å². The van der Waals surface area contributed by atoms with Crippen LogP contribution in [0.15, 0.2) is 36.4 Å². The predicted octanol–water partition coefficient (Wildman–Crippen LogP) is 4.17. The summed E-state index contributed by atoms with van der Waals surface area (Å²) in [5, 5.41) is 0.956. The molecule has 2 aliphatic heterocycles. The fraction of sp³-hybridized carbons (Fsp3) is 0.308. The maximum atomic E-state index is 13.3. The van der Waals surface area contributed by atoms with E-state index in [-0.39, 0.29) is 24.1 Å². The summed E-state index contributed by atoms with van der Waals surface area (Å²) in [6, 6.07) is 10.6. The summed E-state index contributed by atoms with van der Waals surface area (Å²) in [6.45, 7) is 7.15.